The van der Waals surface area contributed by atoms with Gasteiger partial charge in [0.25, 0.3) is 0 Å². The molecule has 0 aliphatic rings. The van der Waals surface area contributed by atoms with Gasteiger partial charge in [-0.25, -0.2) is 4.79 Å². The van der Waals surface area contributed by atoms with Crippen LogP contribution in [0.25, 0.3) is 0 Å². The van der Waals surface area contributed by atoms with E-state index in [0.717, 1.165) is 0 Å². The number of hydrogen-bond donors (Lipinski definition) is 1. The van der Waals surface area contributed by atoms with Crippen molar-refractivity contribution in [2.24, 2.45) is 0 Å². The summed E-state index contributed by atoms with van der Waals surface area (Å²) in [7, 11) is 0. The van der Waals surface area contributed by atoms with Gasteiger partial charge in [-0.1, -0.05) is 13.0 Å². The first-order valence-corrected chi connectivity index (χ1v) is 5.10. The Morgan fingerprint density at radius 2 is 2.33 bits per heavy atom. The number of rotatable bonds is 5. The first-order valence-electron chi connectivity index (χ1n) is 5.10. The van der Waals surface area contributed by atoms with Gasteiger partial charge in [0.2, 0.25) is 0 Å². The van der Waals surface area contributed by atoms with Crippen LogP contribution in [0.1, 0.15) is 25.6 Å². The molecule has 1 atom stereocenters. The van der Waals surface area contributed by atoms with Crippen molar-refractivity contribution in [2.75, 3.05) is 13.2 Å². The fraction of sp³-hybridized carbons (Fsp3) is 0.455. The molecular formula is C11H16N2O2. The lowest BCUT2D eigenvalue weighted by Gasteiger charge is -2.15. The van der Waals surface area contributed by atoms with Crippen molar-refractivity contribution in [3.63, 3.8) is 0 Å². The molecule has 0 aliphatic heterocycles. The molecule has 1 aromatic heterocycles. The van der Waals surface area contributed by atoms with Gasteiger partial charge < -0.3 is 4.74 Å². The van der Waals surface area contributed by atoms with Crippen LogP contribution in [-0.2, 0) is 9.53 Å². The van der Waals surface area contributed by atoms with Gasteiger partial charge in [0.05, 0.1) is 12.3 Å². The molecule has 4 heteroatoms. The highest BCUT2D eigenvalue weighted by molar-refractivity contribution is 5.77. The maximum absolute atomic E-state index is 11.6. The summed E-state index contributed by atoms with van der Waals surface area (Å²) in [5.41, 5.74) is 0.692. The highest BCUT2D eigenvalue weighted by atomic mass is 16.5. The Bertz CT molecular complexity index is 301. The van der Waals surface area contributed by atoms with Gasteiger partial charge in [0, 0.05) is 6.20 Å². The zero-order valence-corrected chi connectivity index (χ0v) is 9.06. The predicted molar refractivity (Wildman–Crippen MR) is 57.3 cm³/mol. The minimum Gasteiger partial charge on any atom is -0.465 e. The molecule has 0 saturated heterocycles. The van der Waals surface area contributed by atoms with E-state index in [4.69, 9.17) is 4.74 Å². The number of aromatic nitrogens is 1. The first-order chi connectivity index (χ1) is 7.29. The topological polar surface area (TPSA) is 51.2 Å². The third-order valence-electron chi connectivity index (χ3n) is 1.91. The average molecular weight is 208 g/mol. The van der Waals surface area contributed by atoms with Crippen LogP contribution in [0.5, 0.6) is 0 Å². The standard InChI is InChI=1S/C11H16N2O2/c1-3-12-10(11(14)15-4-2)9-7-5-6-8-13-9/h5-8,10,12H,3-4H2,1-2H3. The van der Waals surface area contributed by atoms with Crippen LogP contribution in [0.3, 0.4) is 0 Å². The SMILES string of the molecule is CCNC(C(=O)OCC)c1ccccn1. The first kappa shape index (κ1) is 11.7. The van der Waals surface area contributed by atoms with Gasteiger partial charge in [-0.2, -0.15) is 0 Å². The molecule has 0 aromatic carbocycles. The summed E-state index contributed by atoms with van der Waals surface area (Å²) in [5, 5.41) is 3.05. The Morgan fingerprint density at radius 1 is 1.53 bits per heavy atom. The van der Waals surface area contributed by atoms with Crippen molar-refractivity contribution in [1.82, 2.24) is 10.3 Å². The van der Waals surface area contributed by atoms with Crippen molar-refractivity contribution < 1.29 is 9.53 Å². The molecule has 1 heterocycles. The minimum atomic E-state index is -0.462. The van der Waals surface area contributed by atoms with Crippen molar-refractivity contribution in [2.45, 2.75) is 19.9 Å². The quantitative estimate of drug-likeness (QED) is 0.741. The fourth-order valence-electron chi connectivity index (χ4n) is 1.29. The number of carbonyl (C=O) groups excluding carboxylic acids is 1. The molecule has 82 valence electrons. The summed E-state index contributed by atoms with van der Waals surface area (Å²) in [4.78, 5) is 15.7. The fourth-order valence-corrected chi connectivity index (χ4v) is 1.29. The smallest absolute Gasteiger partial charge is 0.329 e. The van der Waals surface area contributed by atoms with Crippen molar-refractivity contribution in [1.29, 1.82) is 0 Å². The number of pyridine rings is 1. The van der Waals surface area contributed by atoms with Gasteiger partial charge in [0.15, 0.2) is 0 Å². The number of esters is 1. The molecule has 1 unspecified atom stereocenters. The zero-order valence-electron chi connectivity index (χ0n) is 9.06. The Kier molecular flexibility index (Phi) is 4.77. The van der Waals surface area contributed by atoms with Crippen molar-refractivity contribution in [3.05, 3.63) is 30.1 Å². The van der Waals surface area contributed by atoms with Gasteiger partial charge in [0.1, 0.15) is 6.04 Å². The molecule has 0 aliphatic carbocycles. The Balaban J connectivity index is 2.78. The van der Waals surface area contributed by atoms with E-state index in [1.807, 2.05) is 25.1 Å². The number of ether oxygens (including phenoxy) is 1. The Morgan fingerprint density at radius 3 is 2.87 bits per heavy atom. The summed E-state index contributed by atoms with van der Waals surface area (Å²) in [6.07, 6.45) is 1.67. The van der Waals surface area contributed by atoms with Crippen molar-refractivity contribution in [3.8, 4) is 0 Å². The van der Waals surface area contributed by atoms with E-state index in [2.05, 4.69) is 10.3 Å². The molecule has 1 rings (SSSR count). The molecule has 0 fully saturated rings. The molecule has 15 heavy (non-hydrogen) atoms. The lowest BCUT2D eigenvalue weighted by atomic mass is 10.2. The van der Waals surface area contributed by atoms with E-state index in [1.54, 1.807) is 13.1 Å². The second-order valence-electron chi connectivity index (χ2n) is 3.00. The number of hydrogen-bond acceptors (Lipinski definition) is 4. The van der Waals surface area contributed by atoms with Crippen LogP contribution in [0.4, 0.5) is 0 Å². The summed E-state index contributed by atoms with van der Waals surface area (Å²) in [6, 6.07) is 5.02. The Labute approximate surface area is 89.7 Å². The van der Waals surface area contributed by atoms with E-state index >= 15 is 0 Å². The van der Waals surface area contributed by atoms with E-state index in [0.29, 0.717) is 18.8 Å². The molecule has 1 N–H and O–H groups in total. The van der Waals surface area contributed by atoms with Gasteiger partial charge >= 0.3 is 5.97 Å². The molecular weight excluding hydrogens is 192 g/mol. The van der Waals surface area contributed by atoms with E-state index < -0.39 is 6.04 Å². The number of nitrogens with one attached hydrogen (secondary N) is 1. The highest BCUT2D eigenvalue weighted by Gasteiger charge is 2.21. The monoisotopic (exact) mass is 208 g/mol. The van der Waals surface area contributed by atoms with Gasteiger partial charge in [-0.15, -0.1) is 0 Å². The van der Waals surface area contributed by atoms with E-state index in [9.17, 15) is 4.79 Å². The summed E-state index contributed by atoms with van der Waals surface area (Å²) < 4.78 is 4.97. The summed E-state index contributed by atoms with van der Waals surface area (Å²) in [5.74, 6) is -0.280. The predicted octanol–water partition coefficient (Wildman–Crippen LogP) is 1.30. The van der Waals surface area contributed by atoms with E-state index in [-0.39, 0.29) is 5.97 Å². The maximum atomic E-state index is 11.6. The largest absolute Gasteiger partial charge is 0.465 e. The summed E-state index contributed by atoms with van der Waals surface area (Å²) in [6.45, 7) is 4.81. The minimum absolute atomic E-state index is 0.280. The van der Waals surface area contributed by atoms with Crippen LogP contribution >= 0.6 is 0 Å². The molecule has 0 saturated carbocycles. The van der Waals surface area contributed by atoms with Crippen LogP contribution < -0.4 is 5.32 Å². The third-order valence-corrected chi connectivity index (χ3v) is 1.91. The van der Waals surface area contributed by atoms with Crippen LogP contribution in [0, 0.1) is 0 Å². The number of nitrogens with zero attached hydrogens (tertiary/aromatic N) is 1. The van der Waals surface area contributed by atoms with Crippen LogP contribution in [0.15, 0.2) is 24.4 Å². The van der Waals surface area contributed by atoms with Crippen LogP contribution in [0.2, 0.25) is 0 Å². The molecule has 0 bridgehead atoms. The normalized spacial score (nSPS) is 12.1. The van der Waals surface area contributed by atoms with E-state index in [1.165, 1.54) is 0 Å². The zero-order chi connectivity index (χ0) is 11.1. The third kappa shape index (κ3) is 3.32. The average Bonchev–Trinajstić information content (AvgIpc) is 2.27. The van der Waals surface area contributed by atoms with Gasteiger partial charge in [-0.3, -0.25) is 10.3 Å². The highest BCUT2D eigenvalue weighted by Crippen LogP contribution is 2.10. The second kappa shape index (κ2) is 6.14. The Hall–Kier alpha value is -1.42. The van der Waals surface area contributed by atoms with Gasteiger partial charge in [-0.05, 0) is 25.6 Å². The molecule has 4 nitrogen and oxygen atoms in total. The number of likely N-dealkylation sites (N-methyl/N-ethyl adjacent to an activating group) is 1. The van der Waals surface area contributed by atoms with Crippen molar-refractivity contribution >= 4 is 5.97 Å². The molecule has 0 radical (unpaired) electrons. The molecule has 0 amide bonds. The molecule has 1 aromatic rings. The maximum Gasteiger partial charge on any atom is 0.329 e. The lowest BCUT2D eigenvalue weighted by Crippen LogP contribution is -2.30. The summed E-state index contributed by atoms with van der Waals surface area (Å²) >= 11 is 0. The molecule has 0 spiro atoms. The van der Waals surface area contributed by atoms with Crippen LogP contribution in [-0.4, -0.2) is 24.1 Å². The number of carbonyl (C=O) groups is 1. The lowest BCUT2D eigenvalue weighted by molar-refractivity contribution is -0.145. The second-order valence-corrected chi connectivity index (χ2v) is 3.00.